The third kappa shape index (κ3) is 2.81. The predicted molar refractivity (Wildman–Crippen MR) is 53.5 cm³/mol. The molecule has 6 heteroatoms. The lowest BCUT2D eigenvalue weighted by Gasteiger charge is -2.02. The zero-order valence-corrected chi connectivity index (χ0v) is 8.37. The highest BCUT2D eigenvalue weighted by atomic mass is 32.2. The molecular weight excluding hydrogens is 204 g/mol. The normalized spacial score (nSPS) is 12.1. The van der Waals surface area contributed by atoms with Crippen LogP contribution in [0.4, 0.5) is 5.69 Å². The molecule has 0 saturated carbocycles. The van der Waals surface area contributed by atoms with E-state index in [1.54, 1.807) is 6.92 Å². The van der Waals surface area contributed by atoms with Gasteiger partial charge in [0, 0.05) is 5.75 Å². The van der Waals surface area contributed by atoms with E-state index >= 15 is 0 Å². The summed E-state index contributed by atoms with van der Waals surface area (Å²) in [6.45, 7) is 1.78. The van der Waals surface area contributed by atoms with Gasteiger partial charge < -0.3 is 9.83 Å². The minimum Gasteiger partial charge on any atom is -0.477 e. The first-order chi connectivity index (χ1) is 6.63. The van der Waals surface area contributed by atoms with E-state index in [9.17, 15) is 9.00 Å². The number of aromatic carboxylic acids is 1. The number of pyridine rings is 1. The van der Waals surface area contributed by atoms with Crippen LogP contribution in [0.1, 0.15) is 17.4 Å². The van der Waals surface area contributed by atoms with Gasteiger partial charge in [-0.25, -0.2) is 14.0 Å². The van der Waals surface area contributed by atoms with Gasteiger partial charge in [0.2, 0.25) is 0 Å². The Hall–Kier alpha value is -1.43. The lowest BCUT2D eigenvalue weighted by atomic mass is 10.3. The van der Waals surface area contributed by atoms with Crippen molar-refractivity contribution in [3.63, 3.8) is 0 Å². The molecule has 2 N–H and O–H groups in total. The largest absolute Gasteiger partial charge is 0.477 e. The van der Waals surface area contributed by atoms with Gasteiger partial charge in [-0.15, -0.1) is 0 Å². The quantitative estimate of drug-likeness (QED) is 0.779. The number of nitrogens with zero attached hydrogens (tertiary/aromatic N) is 1. The molecule has 0 aromatic carbocycles. The first-order valence-electron chi connectivity index (χ1n) is 3.98. The van der Waals surface area contributed by atoms with E-state index in [-0.39, 0.29) is 5.69 Å². The summed E-state index contributed by atoms with van der Waals surface area (Å²) in [4.78, 5) is 14.1. The summed E-state index contributed by atoms with van der Waals surface area (Å²) in [7, 11) is -1.13. The van der Waals surface area contributed by atoms with E-state index in [2.05, 4.69) is 9.71 Å². The fourth-order valence-electron chi connectivity index (χ4n) is 0.784. The van der Waals surface area contributed by atoms with Gasteiger partial charge in [-0.2, -0.15) is 0 Å². The SMILES string of the molecule is CCS(=O)Nc1ccc(C(=O)O)nc1. The monoisotopic (exact) mass is 214 g/mol. The number of hydrogen-bond donors (Lipinski definition) is 2. The third-order valence-electron chi connectivity index (χ3n) is 1.48. The van der Waals surface area contributed by atoms with Crippen molar-refractivity contribution in [1.29, 1.82) is 0 Å². The fourth-order valence-corrected chi connectivity index (χ4v) is 1.31. The maximum absolute atomic E-state index is 11.1. The predicted octanol–water partition coefficient (Wildman–Crippen LogP) is 0.875. The van der Waals surface area contributed by atoms with Crippen LogP contribution in [0.15, 0.2) is 18.3 Å². The van der Waals surface area contributed by atoms with Gasteiger partial charge in [0.05, 0.1) is 11.9 Å². The summed E-state index contributed by atoms with van der Waals surface area (Å²) >= 11 is 0. The molecule has 0 aliphatic carbocycles. The van der Waals surface area contributed by atoms with Crippen LogP contribution in [-0.4, -0.2) is 26.0 Å². The van der Waals surface area contributed by atoms with Gasteiger partial charge in [0.1, 0.15) is 16.7 Å². The average Bonchev–Trinajstić information content (AvgIpc) is 2.18. The number of carboxylic acids is 1. The Labute approximate surface area is 83.8 Å². The van der Waals surface area contributed by atoms with Crippen molar-refractivity contribution in [3.05, 3.63) is 24.0 Å². The standard InChI is InChI=1S/C8H10N2O3S/c1-2-14(13)10-6-3-4-7(8(11)12)9-5-6/h3-5,10H,2H2,1H3,(H,11,12). The second-order valence-corrected chi connectivity index (χ2v) is 3.95. The van der Waals surface area contributed by atoms with Crippen molar-refractivity contribution < 1.29 is 14.1 Å². The van der Waals surface area contributed by atoms with Gasteiger partial charge >= 0.3 is 5.97 Å². The number of anilines is 1. The van der Waals surface area contributed by atoms with Gasteiger partial charge in [0.15, 0.2) is 0 Å². The molecule has 0 aliphatic heterocycles. The molecule has 0 radical (unpaired) electrons. The van der Waals surface area contributed by atoms with Crippen LogP contribution in [0.3, 0.4) is 0 Å². The topological polar surface area (TPSA) is 79.3 Å². The molecular formula is C8H10N2O3S. The van der Waals surface area contributed by atoms with Crippen molar-refractivity contribution in [1.82, 2.24) is 4.98 Å². The molecule has 14 heavy (non-hydrogen) atoms. The van der Waals surface area contributed by atoms with Gasteiger partial charge in [-0.05, 0) is 12.1 Å². The van der Waals surface area contributed by atoms with Crippen LogP contribution >= 0.6 is 0 Å². The Morgan fingerprint density at radius 1 is 1.64 bits per heavy atom. The van der Waals surface area contributed by atoms with Crippen molar-refractivity contribution in [2.24, 2.45) is 0 Å². The summed E-state index contributed by atoms with van der Waals surface area (Å²) in [6.07, 6.45) is 1.34. The fraction of sp³-hybridized carbons (Fsp3) is 0.250. The molecule has 1 atom stereocenters. The molecule has 5 nitrogen and oxygen atoms in total. The van der Waals surface area contributed by atoms with Gasteiger partial charge in [-0.3, -0.25) is 0 Å². The van der Waals surface area contributed by atoms with Crippen molar-refractivity contribution >= 4 is 22.6 Å². The molecule has 0 saturated heterocycles. The number of carboxylic acid groups (broad SMARTS) is 1. The van der Waals surface area contributed by atoms with Crippen LogP contribution in [0.2, 0.25) is 0 Å². The number of carbonyl (C=O) groups is 1. The van der Waals surface area contributed by atoms with Crippen molar-refractivity contribution in [3.8, 4) is 0 Å². The molecule has 1 rings (SSSR count). The molecule has 0 fully saturated rings. The maximum atomic E-state index is 11.1. The zero-order valence-electron chi connectivity index (χ0n) is 7.56. The van der Waals surface area contributed by atoms with Crippen LogP contribution < -0.4 is 4.72 Å². The Morgan fingerprint density at radius 3 is 2.79 bits per heavy atom. The Bertz CT molecular complexity index is 350. The number of rotatable bonds is 4. The lowest BCUT2D eigenvalue weighted by Crippen LogP contribution is -2.07. The second-order valence-electron chi connectivity index (χ2n) is 2.47. The third-order valence-corrected chi connectivity index (χ3v) is 2.46. The second kappa shape index (κ2) is 4.71. The molecule has 76 valence electrons. The van der Waals surface area contributed by atoms with Crippen LogP contribution in [0.5, 0.6) is 0 Å². The van der Waals surface area contributed by atoms with E-state index in [1.807, 2.05) is 0 Å². The van der Waals surface area contributed by atoms with Crippen molar-refractivity contribution in [2.75, 3.05) is 10.5 Å². The van der Waals surface area contributed by atoms with E-state index in [0.717, 1.165) is 0 Å². The van der Waals surface area contributed by atoms with E-state index in [4.69, 9.17) is 5.11 Å². The maximum Gasteiger partial charge on any atom is 0.354 e. The summed E-state index contributed by atoms with van der Waals surface area (Å²) < 4.78 is 13.7. The Kier molecular flexibility index (Phi) is 3.58. The van der Waals surface area contributed by atoms with E-state index < -0.39 is 17.0 Å². The summed E-state index contributed by atoms with van der Waals surface area (Å²) in [5, 5.41) is 8.56. The first-order valence-corrected chi connectivity index (χ1v) is 5.29. The highest BCUT2D eigenvalue weighted by Gasteiger charge is 2.03. The molecule has 1 aromatic rings. The number of nitrogens with one attached hydrogen (secondary N) is 1. The van der Waals surface area contributed by atoms with Gasteiger partial charge in [-0.1, -0.05) is 6.92 Å². The smallest absolute Gasteiger partial charge is 0.354 e. The van der Waals surface area contributed by atoms with E-state index in [0.29, 0.717) is 11.4 Å². The summed E-state index contributed by atoms with van der Waals surface area (Å²) in [5.41, 5.74) is 0.521. The Morgan fingerprint density at radius 2 is 2.36 bits per heavy atom. The molecule has 0 bridgehead atoms. The minimum absolute atomic E-state index is 0.0298. The summed E-state index contributed by atoms with van der Waals surface area (Å²) in [6, 6.07) is 2.89. The minimum atomic E-state index is -1.13. The van der Waals surface area contributed by atoms with Crippen LogP contribution in [-0.2, 0) is 11.0 Å². The molecule has 0 amide bonds. The molecule has 1 aromatic heterocycles. The van der Waals surface area contributed by atoms with Gasteiger partial charge in [0.25, 0.3) is 0 Å². The highest BCUT2D eigenvalue weighted by Crippen LogP contribution is 2.06. The first kappa shape index (κ1) is 10.6. The van der Waals surface area contributed by atoms with Crippen molar-refractivity contribution in [2.45, 2.75) is 6.92 Å². The van der Waals surface area contributed by atoms with Crippen LogP contribution in [0.25, 0.3) is 0 Å². The molecule has 1 heterocycles. The average molecular weight is 214 g/mol. The molecule has 0 spiro atoms. The molecule has 1 unspecified atom stereocenters. The summed E-state index contributed by atoms with van der Waals surface area (Å²) in [5.74, 6) is -0.589. The molecule has 0 aliphatic rings. The number of hydrogen-bond acceptors (Lipinski definition) is 3. The van der Waals surface area contributed by atoms with Crippen LogP contribution in [0, 0.1) is 0 Å². The Balaban J connectivity index is 2.73. The van der Waals surface area contributed by atoms with E-state index in [1.165, 1.54) is 18.3 Å². The number of aromatic nitrogens is 1. The highest BCUT2D eigenvalue weighted by molar-refractivity contribution is 7.86. The lowest BCUT2D eigenvalue weighted by molar-refractivity contribution is 0.0690. The zero-order chi connectivity index (χ0) is 10.6.